The summed E-state index contributed by atoms with van der Waals surface area (Å²) in [4.78, 5) is 11.6. The maximum atomic E-state index is 4.65. The Bertz CT molecular complexity index is 1160. The van der Waals surface area contributed by atoms with Gasteiger partial charge in [-0.25, -0.2) is 0 Å². The molecule has 0 saturated heterocycles. The zero-order valence-corrected chi connectivity index (χ0v) is 13.8. The van der Waals surface area contributed by atoms with Crippen molar-refractivity contribution in [2.45, 2.75) is 0 Å². The molecule has 108 valence electrons. The van der Waals surface area contributed by atoms with Crippen LogP contribution in [0.3, 0.4) is 0 Å². The number of nitrogens with one attached hydrogen (secondary N) is 2. The summed E-state index contributed by atoms with van der Waals surface area (Å²) in [6.45, 7) is 0. The van der Waals surface area contributed by atoms with Crippen LogP contribution in [0.2, 0.25) is 0 Å². The number of halogens is 2. The van der Waals surface area contributed by atoms with Gasteiger partial charge in [-0.1, -0.05) is 30.3 Å². The standard InChI is InChI=1S/C17H10BrN3.ClH/c18-11-6-3-5-10-15(11)21-17-14-9-4-1-2-7-12(9)20-13(14)8-19-16(10)17;/h1-8,20-21H;1H. The highest BCUT2D eigenvalue weighted by Gasteiger charge is 2.13. The Morgan fingerprint density at radius 1 is 0.818 bits per heavy atom. The van der Waals surface area contributed by atoms with E-state index in [0.717, 1.165) is 37.4 Å². The first-order valence-electron chi connectivity index (χ1n) is 6.78. The van der Waals surface area contributed by atoms with Crippen molar-refractivity contribution in [2.24, 2.45) is 0 Å². The quantitative estimate of drug-likeness (QED) is 0.368. The lowest BCUT2D eigenvalue weighted by molar-refractivity contribution is 1.42. The lowest BCUT2D eigenvalue weighted by atomic mass is 10.1. The number of hydrogen-bond donors (Lipinski definition) is 2. The lowest BCUT2D eigenvalue weighted by Crippen LogP contribution is -1.76. The number of nitrogens with zero attached hydrogens (tertiary/aromatic N) is 1. The fourth-order valence-electron chi connectivity index (χ4n) is 3.14. The molecular weight excluding hydrogens is 362 g/mol. The number of aromatic amines is 2. The Kier molecular flexibility index (Phi) is 2.93. The van der Waals surface area contributed by atoms with E-state index in [1.165, 1.54) is 10.8 Å². The van der Waals surface area contributed by atoms with E-state index in [1.54, 1.807) is 0 Å². The van der Waals surface area contributed by atoms with Crippen LogP contribution >= 0.6 is 28.3 Å². The van der Waals surface area contributed by atoms with E-state index in [9.17, 15) is 0 Å². The van der Waals surface area contributed by atoms with E-state index in [0.29, 0.717) is 0 Å². The van der Waals surface area contributed by atoms with E-state index in [1.807, 2.05) is 24.4 Å². The smallest absolute Gasteiger partial charge is 0.0966 e. The molecule has 0 aliphatic rings. The van der Waals surface area contributed by atoms with Gasteiger partial charge in [0.1, 0.15) is 0 Å². The molecule has 0 atom stereocenters. The third kappa shape index (κ3) is 1.65. The van der Waals surface area contributed by atoms with Crippen LogP contribution < -0.4 is 0 Å². The van der Waals surface area contributed by atoms with Gasteiger partial charge < -0.3 is 9.97 Å². The van der Waals surface area contributed by atoms with E-state index in [4.69, 9.17) is 0 Å². The second-order valence-electron chi connectivity index (χ2n) is 5.23. The number of H-pyrrole nitrogens is 2. The maximum Gasteiger partial charge on any atom is 0.0966 e. The molecule has 2 N–H and O–H groups in total. The van der Waals surface area contributed by atoms with Gasteiger partial charge >= 0.3 is 0 Å². The van der Waals surface area contributed by atoms with Gasteiger partial charge in [0, 0.05) is 26.1 Å². The number of para-hydroxylation sites is 2. The Morgan fingerprint density at radius 3 is 2.55 bits per heavy atom. The summed E-state index contributed by atoms with van der Waals surface area (Å²) in [6, 6.07) is 14.6. The van der Waals surface area contributed by atoms with Crippen molar-refractivity contribution in [2.75, 3.05) is 0 Å². The normalized spacial score (nSPS) is 11.5. The number of aromatic nitrogens is 3. The molecule has 3 nitrogen and oxygen atoms in total. The van der Waals surface area contributed by atoms with Crippen molar-refractivity contribution in [3.63, 3.8) is 0 Å². The third-order valence-electron chi connectivity index (χ3n) is 4.06. The van der Waals surface area contributed by atoms with Crippen LogP contribution in [0.1, 0.15) is 0 Å². The highest BCUT2D eigenvalue weighted by Crippen LogP contribution is 2.35. The van der Waals surface area contributed by atoms with Gasteiger partial charge in [0.25, 0.3) is 0 Å². The molecule has 0 saturated carbocycles. The molecule has 22 heavy (non-hydrogen) atoms. The van der Waals surface area contributed by atoms with Gasteiger partial charge in [-0.3, -0.25) is 4.98 Å². The zero-order valence-electron chi connectivity index (χ0n) is 11.4. The lowest BCUT2D eigenvalue weighted by Gasteiger charge is -1.94. The monoisotopic (exact) mass is 371 g/mol. The van der Waals surface area contributed by atoms with Crippen LogP contribution in [0.25, 0.3) is 43.7 Å². The molecule has 0 fully saturated rings. The molecule has 0 radical (unpaired) electrons. The number of rotatable bonds is 0. The third-order valence-corrected chi connectivity index (χ3v) is 4.72. The molecule has 0 aliphatic carbocycles. The first-order valence-corrected chi connectivity index (χ1v) is 7.57. The fourth-order valence-corrected chi connectivity index (χ4v) is 3.61. The average Bonchev–Trinajstić information content (AvgIpc) is 3.05. The van der Waals surface area contributed by atoms with Crippen LogP contribution in [0, 0.1) is 0 Å². The Balaban J connectivity index is 0.00000125. The molecule has 2 aromatic carbocycles. The first-order chi connectivity index (χ1) is 10.3. The first kappa shape index (κ1) is 13.6. The highest BCUT2D eigenvalue weighted by molar-refractivity contribution is 9.10. The van der Waals surface area contributed by atoms with Crippen molar-refractivity contribution in [1.29, 1.82) is 0 Å². The van der Waals surface area contributed by atoms with Crippen LogP contribution in [-0.2, 0) is 0 Å². The van der Waals surface area contributed by atoms with E-state index in [-0.39, 0.29) is 12.4 Å². The summed E-state index contributed by atoms with van der Waals surface area (Å²) in [6.07, 6.45) is 1.92. The summed E-state index contributed by atoms with van der Waals surface area (Å²) in [5.74, 6) is 0. The largest absolute Gasteiger partial charge is 0.353 e. The summed E-state index contributed by atoms with van der Waals surface area (Å²) in [5, 5.41) is 3.58. The summed E-state index contributed by atoms with van der Waals surface area (Å²) < 4.78 is 1.06. The molecule has 5 heteroatoms. The average molecular weight is 373 g/mol. The summed E-state index contributed by atoms with van der Waals surface area (Å²) in [5.41, 5.74) is 5.40. The molecule has 0 unspecified atom stereocenters. The van der Waals surface area contributed by atoms with Gasteiger partial charge in [0.2, 0.25) is 0 Å². The molecule has 5 aromatic rings. The van der Waals surface area contributed by atoms with Crippen molar-refractivity contribution in [3.8, 4) is 0 Å². The molecule has 3 heterocycles. The summed E-state index contributed by atoms with van der Waals surface area (Å²) in [7, 11) is 0. The van der Waals surface area contributed by atoms with Crippen molar-refractivity contribution in [3.05, 3.63) is 53.1 Å². The SMILES string of the molecule is Brc1cccc2c1[nH]c1c2ncc2[nH]c3ccccc3c21.Cl. The molecule has 3 aromatic heterocycles. The zero-order chi connectivity index (χ0) is 14.0. The predicted molar refractivity (Wildman–Crippen MR) is 97.9 cm³/mol. The molecular formula is C17H11BrClN3. The number of benzene rings is 2. The molecule has 0 spiro atoms. The van der Waals surface area contributed by atoms with E-state index >= 15 is 0 Å². The Labute approximate surface area is 140 Å². The molecule has 0 bridgehead atoms. The van der Waals surface area contributed by atoms with Gasteiger partial charge in [0.05, 0.1) is 28.3 Å². The van der Waals surface area contributed by atoms with Crippen molar-refractivity contribution >= 4 is 72.1 Å². The molecule has 0 amide bonds. The van der Waals surface area contributed by atoms with Gasteiger partial charge in [-0.2, -0.15) is 0 Å². The number of pyridine rings is 1. The fraction of sp³-hybridized carbons (Fsp3) is 0. The van der Waals surface area contributed by atoms with Gasteiger partial charge in [0.15, 0.2) is 0 Å². The minimum absolute atomic E-state index is 0. The van der Waals surface area contributed by atoms with Crippen LogP contribution in [0.4, 0.5) is 0 Å². The predicted octanol–water partition coefficient (Wildman–Crippen LogP) is 5.53. The minimum atomic E-state index is 0. The summed E-state index contributed by atoms with van der Waals surface area (Å²) >= 11 is 3.61. The Morgan fingerprint density at radius 2 is 1.64 bits per heavy atom. The van der Waals surface area contributed by atoms with Crippen LogP contribution in [-0.4, -0.2) is 15.0 Å². The second kappa shape index (κ2) is 4.73. The maximum absolute atomic E-state index is 4.65. The number of hydrogen-bond acceptors (Lipinski definition) is 1. The van der Waals surface area contributed by atoms with E-state index < -0.39 is 0 Å². The molecule has 0 aliphatic heterocycles. The number of fused-ring (bicyclic) bond motifs is 7. The topological polar surface area (TPSA) is 44.5 Å². The highest BCUT2D eigenvalue weighted by atomic mass is 79.9. The van der Waals surface area contributed by atoms with Crippen LogP contribution in [0.15, 0.2) is 53.1 Å². The second-order valence-corrected chi connectivity index (χ2v) is 6.08. The van der Waals surface area contributed by atoms with Crippen molar-refractivity contribution < 1.29 is 0 Å². The van der Waals surface area contributed by atoms with E-state index in [2.05, 4.69) is 55.1 Å². The minimum Gasteiger partial charge on any atom is -0.353 e. The molecule has 5 rings (SSSR count). The van der Waals surface area contributed by atoms with Gasteiger partial charge in [-0.15, -0.1) is 12.4 Å². The van der Waals surface area contributed by atoms with Crippen LogP contribution in [0.5, 0.6) is 0 Å². The Hall–Kier alpha value is -2.04. The van der Waals surface area contributed by atoms with Crippen molar-refractivity contribution in [1.82, 2.24) is 15.0 Å². The van der Waals surface area contributed by atoms with Gasteiger partial charge in [-0.05, 0) is 28.1 Å².